The van der Waals surface area contributed by atoms with Crippen LogP contribution >= 0.6 is 0 Å². The summed E-state index contributed by atoms with van der Waals surface area (Å²) in [7, 11) is 1.54. The Labute approximate surface area is 161 Å². The van der Waals surface area contributed by atoms with Crippen LogP contribution in [0.25, 0.3) is 11.1 Å². The lowest BCUT2D eigenvalue weighted by molar-refractivity contribution is 0.102. The second-order valence-electron chi connectivity index (χ2n) is 7.18. The predicted molar refractivity (Wildman–Crippen MR) is 102 cm³/mol. The second-order valence-corrected chi connectivity index (χ2v) is 7.18. The van der Waals surface area contributed by atoms with Crippen LogP contribution in [0.15, 0.2) is 27.2 Å². The summed E-state index contributed by atoms with van der Waals surface area (Å²) in [5.41, 5.74) is 1.95. The molecule has 1 amide bonds. The average molecular weight is 385 g/mol. The molecule has 1 aliphatic rings. The maximum atomic E-state index is 12.4. The number of methoxy groups -OCH3 is 1. The first-order valence-corrected chi connectivity index (χ1v) is 9.40. The number of carbonyl (C=O) groups excluding carboxylic acids is 1. The maximum Gasteiger partial charge on any atom is 0.277 e. The van der Waals surface area contributed by atoms with Gasteiger partial charge in [0, 0.05) is 31.6 Å². The van der Waals surface area contributed by atoms with E-state index in [1.165, 1.54) is 13.4 Å². The third kappa shape index (κ3) is 3.60. The predicted octanol–water partition coefficient (Wildman–Crippen LogP) is 3.65. The fourth-order valence-corrected chi connectivity index (χ4v) is 3.66. The third-order valence-electron chi connectivity index (χ3n) is 5.28. The Morgan fingerprint density at radius 1 is 1.29 bits per heavy atom. The Bertz CT molecular complexity index is 985. The van der Waals surface area contributed by atoms with Crippen LogP contribution in [-0.2, 0) is 0 Å². The van der Waals surface area contributed by atoms with E-state index in [0.29, 0.717) is 40.2 Å². The van der Waals surface area contributed by atoms with Crippen LogP contribution in [0.5, 0.6) is 5.75 Å². The fourth-order valence-electron chi connectivity index (χ4n) is 3.66. The molecule has 1 aliphatic carbocycles. The van der Waals surface area contributed by atoms with Gasteiger partial charge in [0.15, 0.2) is 23.1 Å². The topological polar surface area (TPSA) is 111 Å². The van der Waals surface area contributed by atoms with Crippen LogP contribution in [0.4, 0.5) is 5.69 Å². The summed E-state index contributed by atoms with van der Waals surface area (Å²) in [6, 6.07) is 3.47. The van der Waals surface area contributed by atoms with E-state index in [2.05, 4.69) is 15.3 Å². The molecule has 8 nitrogen and oxygen atoms in total. The molecule has 148 valence electrons. The van der Waals surface area contributed by atoms with Crippen molar-refractivity contribution in [3.8, 4) is 5.75 Å². The van der Waals surface area contributed by atoms with Gasteiger partial charge < -0.3 is 24.0 Å². The number of aromatic nitrogens is 2. The summed E-state index contributed by atoms with van der Waals surface area (Å²) in [6.45, 7) is 1.92. The van der Waals surface area contributed by atoms with Crippen molar-refractivity contribution in [3.05, 3.63) is 35.9 Å². The van der Waals surface area contributed by atoms with Gasteiger partial charge in [0.25, 0.3) is 5.91 Å². The number of oxazole rings is 2. The van der Waals surface area contributed by atoms with Crippen molar-refractivity contribution in [2.24, 2.45) is 5.92 Å². The van der Waals surface area contributed by atoms with E-state index >= 15 is 0 Å². The monoisotopic (exact) mass is 385 g/mol. The number of aliphatic hydroxyl groups is 1. The molecule has 1 aromatic carbocycles. The Balaban J connectivity index is 1.58. The van der Waals surface area contributed by atoms with Crippen LogP contribution in [-0.4, -0.2) is 34.7 Å². The van der Waals surface area contributed by atoms with Gasteiger partial charge in [0.2, 0.25) is 0 Å². The number of aryl methyl sites for hydroxylation is 1. The zero-order chi connectivity index (χ0) is 19.7. The van der Waals surface area contributed by atoms with Crippen molar-refractivity contribution in [2.75, 3.05) is 19.0 Å². The molecule has 0 saturated heterocycles. The molecule has 0 unspecified atom stereocenters. The molecule has 0 atom stereocenters. The number of aliphatic hydroxyl groups excluding tert-OH is 1. The summed E-state index contributed by atoms with van der Waals surface area (Å²) >= 11 is 0. The highest BCUT2D eigenvalue weighted by atomic mass is 16.5. The minimum absolute atomic E-state index is 0.193. The second kappa shape index (κ2) is 7.63. The molecule has 2 N–H and O–H groups in total. The molecule has 2 aromatic heterocycles. The lowest BCUT2D eigenvalue weighted by atomic mass is 9.82. The van der Waals surface area contributed by atoms with Crippen LogP contribution < -0.4 is 10.1 Å². The molecule has 1 fully saturated rings. The molecule has 4 rings (SSSR count). The number of carbonyl (C=O) groups is 1. The Hall–Kier alpha value is -2.87. The molecule has 28 heavy (non-hydrogen) atoms. The molecular weight excluding hydrogens is 362 g/mol. The maximum absolute atomic E-state index is 12.4. The zero-order valence-electron chi connectivity index (χ0n) is 15.9. The lowest BCUT2D eigenvalue weighted by Crippen LogP contribution is -2.16. The number of benzene rings is 1. The number of nitrogens with one attached hydrogen (secondary N) is 1. The number of fused-ring (bicyclic) bond motifs is 1. The van der Waals surface area contributed by atoms with Gasteiger partial charge in [-0.05, 0) is 31.6 Å². The minimum Gasteiger partial charge on any atom is -0.494 e. The van der Waals surface area contributed by atoms with Crippen molar-refractivity contribution in [1.82, 2.24) is 9.97 Å². The van der Waals surface area contributed by atoms with Crippen molar-refractivity contribution in [1.29, 1.82) is 0 Å². The van der Waals surface area contributed by atoms with Gasteiger partial charge >= 0.3 is 0 Å². The van der Waals surface area contributed by atoms with E-state index in [1.54, 1.807) is 19.1 Å². The van der Waals surface area contributed by atoms with Crippen molar-refractivity contribution in [3.63, 3.8) is 0 Å². The summed E-state index contributed by atoms with van der Waals surface area (Å²) in [4.78, 5) is 21.0. The number of ether oxygens (including phenoxy) is 1. The molecule has 0 radical (unpaired) electrons. The Morgan fingerprint density at radius 2 is 2.07 bits per heavy atom. The number of rotatable bonds is 5. The standard InChI is InChI=1S/C20H23N3O5/c1-11-21-16(10-27-11)19(25)22-14-8-18-15(7-17(14)26-2)23-20(28-18)13-5-3-12(9-24)4-6-13/h7-8,10,12-13,24H,3-6,9H2,1-2H3,(H,22,25). The number of amides is 1. The number of nitrogens with zero attached hydrogens (tertiary/aromatic N) is 2. The van der Waals surface area contributed by atoms with Gasteiger partial charge in [0.1, 0.15) is 17.5 Å². The summed E-state index contributed by atoms with van der Waals surface area (Å²) in [6.07, 6.45) is 5.16. The van der Waals surface area contributed by atoms with E-state index in [9.17, 15) is 9.90 Å². The van der Waals surface area contributed by atoms with Crippen LogP contribution in [0.2, 0.25) is 0 Å². The first kappa shape index (κ1) is 18.5. The smallest absolute Gasteiger partial charge is 0.277 e. The molecule has 2 heterocycles. The van der Waals surface area contributed by atoms with Gasteiger partial charge in [-0.15, -0.1) is 0 Å². The van der Waals surface area contributed by atoms with E-state index in [4.69, 9.17) is 13.6 Å². The number of hydrogen-bond donors (Lipinski definition) is 2. The first-order chi connectivity index (χ1) is 13.6. The fraction of sp³-hybridized carbons (Fsp3) is 0.450. The van der Waals surface area contributed by atoms with Gasteiger partial charge in [0.05, 0.1) is 12.8 Å². The lowest BCUT2D eigenvalue weighted by Gasteiger charge is -2.24. The van der Waals surface area contributed by atoms with Gasteiger partial charge in [-0.1, -0.05) is 0 Å². The molecule has 1 saturated carbocycles. The third-order valence-corrected chi connectivity index (χ3v) is 5.28. The van der Waals surface area contributed by atoms with E-state index < -0.39 is 5.91 Å². The quantitative estimate of drug-likeness (QED) is 0.689. The Kier molecular flexibility index (Phi) is 5.04. The number of anilines is 1. The van der Waals surface area contributed by atoms with E-state index in [-0.39, 0.29) is 18.2 Å². The average Bonchev–Trinajstić information content (AvgIpc) is 3.33. The highest BCUT2D eigenvalue weighted by Crippen LogP contribution is 2.38. The summed E-state index contributed by atoms with van der Waals surface area (Å²) in [5, 5.41) is 12.1. The van der Waals surface area contributed by atoms with E-state index in [0.717, 1.165) is 25.7 Å². The van der Waals surface area contributed by atoms with Crippen molar-refractivity contribution >= 4 is 22.7 Å². The van der Waals surface area contributed by atoms with Crippen LogP contribution in [0.1, 0.15) is 53.9 Å². The SMILES string of the molecule is COc1cc2nc(C3CCC(CO)CC3)oc2cc1NC(=O)c1coc(C)n1. The molecule has 0 bridgehead atoms. The van der Waals surface area contributed by atoms with Crippen LogP contribution in [0.3, 0.4) is 0 Å². The van der Waals surface area contributed by atoms with E-state index in [1.807, 2.05) is 0 Å². The normalized spacial score (nSPS) is 19.7. The van der Waals surface area contributed by atoms with Crippen molar-refractivity contribution < 1.29 is 23.5 Å². The number of hydrogen-bond acceptors (Lipinski definition) is 7. The molecule has 3 aromatic rings. The van der Waals surface area contributed by atoms with Crippen molar-refractivity contribution in [2.45, 2.75) is 38.5 Å². The first-order valence-electron chi connectivity index (χ1n) is 9.40. The zero-order valence-corrected chi connectivity index (χ0v) is 15.9. The van der Waals surface area contributed by atoms with Gasteiger partial charge in [-0.2, -0.15) is 0 Å². The molecule has 0 spiro atoms. The molecule has 8 heteroatoms. The van der Waals surface area contributed by atoms with Gasteiger partial charge in [-0.3, -0.25) is 4.79 Å². The van der Waals surface area contributed by atoms with Crippen LogP contribution in [0, 0.1) is 12.8 Å². The summed E-state index contributed by atoms with van der Waals surface area (Å²) in [5.74, 6) is 1.84. The highest BCUT2D eigenvalue weighted by Gasteiger charge is 2.26. The highest BCUT2D eigenvalue weighted by molar-refractivity contribution is 6.04. The Morgan fingerprint density at radius 3 is 2.71 bits per heavy atom. The molecular formula is C20H23N3O5. The minimum atomic E-state index is -0.392. The van der Waals surface area contributed by atoms with Gasteiger partial charge in [-0.25, -0.2) is 9.97 Å². The summed E-state index contributed by atoms with van der Waals surface area (Å²) < 4.78 is 16.5. The molecule has 0 aliphatic heterocycles. The largest absolute Gasteiger partial charge is 0.494 e.